The van der Waals surface area contributed by atoms with Crippen LogP contribution in [-0.4, -0.2) is 68.0 Å². The minimum atomic E-state index is -1.79. The fraction of sp³-hybridized carbons (Fsp3) is 0.360. The SMILES string of the molecule is CC(C)=CC(=O)O[C@@H]1[C@H](O)[C@@H](O)[C@H]([C@H]2c3cccc(O)c3C(=O)c3c(O)cc(C)cc32)O[C@@H]1O. The van der Waals surface area contributed by atoms with E-state index in [-0.39, 0.29) is 22.6 Å². The van der Waals surface area contributed by atoms with Crippen LogP contribution in [0.5, 0.6) is 11.5 Å². The largest absolute Gasteiger partial charge is 0.507 e. The summed E-state index contributed by atoms with van der Waals surface area (Å²) in [6.45, 7) is 5.05. The van der Waals surface area contributed by atoms with Gasteiger partial charge in [-0.2, -0.15) is 0 Å². The third-order valence-electron chi connectivity index (χ3n) is 6.08. The maximum absolute atomic E-state index is 13.2. The van der Waals surface area contributed by atoms with Crippen molar-refractivity contribution in [3.63, 3.8) is 0 Å². The molecule has 0 aromatic heterocycles. The molecule has 1 aliphatic carbocycles. The molecule has 6 atom stereocenters. The Morgan fingerprint density at radius 3 is 2.35 bits per heavy atom. The highest BCUT2D eigenvalue weighted by Gasteiger charge is 2.51. The van der Waals surface area contributed by atoms with Crippen LogP contribution in [0.4, 0.5) is 0 Å². The van der Waals surface area contributed by atoms with E-state index >= 15 is 0 Å². The molecular weight excluding hydrogens is 444 g/mol. The maximum atomic E-state index is 13.2. The van der Waals surface area contributed by atoms with E-state index in [0.29, 0.717) is 22.3 Å². The Balaban J connectivity index is 1.79. The predicted octanol–water partition coefficient (Wildman–Crippen LogP) is 1.40. The van der Waals surface area contributed by atoms with Gasteiger partial charge in [0.25, 0.3) is 0 Å². The van der Waals surface area contributed by atoms with Crippen molar-refractivity contribution in [1.82, 2.24) is 0 Å². The van der Waals surface area contributed by atoms with Crippen molar-refractivity contribution in [3.05, 3.63) is 69.8 Å². The van der Waals surface area contributed by atoms with Crippen LogP contribution in [-0.2, 0) is 14.3 Å². The number of allylic oxidation sites excluding steroid dienone is 1. The molecule has 1 heterocycles. The quantitative estimate of drug-likeness (QED) is 0.331. The van der Waals surface area contributed by atoms with Gasteiger partial charge < -0.3 is 35.0 Å². The summed E-state index contributed by atoms with van der Waals surface area (Å²) in [6.07, 6.45) is -6.87. The summed E-state index contributed by atoms with van der Waals surface area (Å²) in [5, 5.41) is 53.3. The number of rotatable bonds is 3. The number of aryl methyl sites for hydroxylation is 1. The molecule has 1 aliphatic heterocycles. The first-order valence-electron chi connectivity index (χ1n) is 10.8. The Morgan fingerprint density at radius 1 is 1.00 bits per heavy atom. The number of carbonyl (C=O) groups excluding carboxylic acids is 2. The Hall–Kier alpha value is -3.24. The second kappa shape index (κ2) is 8.84. The zero-order valence-electron chi connectivity index (χ0n) is 18.8. The van der Waals surface area contributed by atoms with Crippen molar-refractivity contribution in [2.24, 2.45) is 0 Å². The smallest absolute Gasteiger partial charge is 0.331 e. The lowest BCUT2D eigenvalue weighted by atomic mass is 9.71. The Labute approximate surface area is 195 Å². The highest BCUT2D eigenvalue weighted by atomic mass is 16.7. The molecule has 5 N–H and O–H groups in total. The van der Waals surface area contributed by atoms with Gasteiger partial charge in [0.1, 0.15) is 29.8 Å². The van der Waals surface area contributed by atoms with Crippen LogP contribution >= 0.6 is 0 Å². The molecule has 9 heteroatoms. The average molecular weight is 470 g/mol. The number of phenolic OH excluding ortho intramolecular Hbond substituents is 2. The Bertz CT molecular complexity index is 1180. The molecule has 0 unspecified atom stereocenters. The van der Waals surface area contributed by atoms with E-state index in [1.807, 2.05) is 0 Å². The van der Waals surface area contributed by atoms with Gasteiger partial charge in [-0.15, -0.1) is 0 Å². The first-order valence-corrected chi connectivity index (χ1v) is 10.8. The van der Waals surface area contributed by atoms with Crippen molar-refractivity contribution in [3.8, 4) is 11.5 Å². The zero-order chi connectivity index (χ0) is 24.9. The van der Waals surface area contributed by atoms with Crippen LogP contribution in [0.25, 0.3) is 0 Å². The number of carbonyl (C=O) groups is 2. The fourth-order valence-electron chi connectivity index (χ4n) is 4.68. The van der Waals surface area contributed by atoms with Crippen LogP contribution in [0, 0.1) is 6.92 Å². The number of hydrogen-bond acceptors (Lipinski definition) is 9. The molecule has 1 fully saturated rings. The summed E-state index contributed by atoms with van der Waals surface area (Å²) in [7, 11) is 0. The second-order valence-corrected chi connectivity index (χ2v) is 8.89. The number of benzene rings is 2. The lowest BCUT2D eigenvalue weighted by Crippen LogP contribution is -2.60. The summed E-state index contributed by atoms with van der Waals surface area (Å²) in [5.74, 6) is -3.00. The van der Waals surface area contributed by atoms with Crippen molar-refractivity contribution in [2.45, 2.75) is 57.4 Å². The van der Waals surface area contributed by atoms with E-state index in [4.69, 9.17) is 9.47 Å². The third kappa shape index (κ3) is 3.97. The summed E-state index contributed by atoms with van der Waals surface area (Å²) in [5.41, 5.74) is 1.73. The van der Waals surface area contributed by atoms with Crippen LogP contribution in [0.15, 0.2) is 42.0 Å². The van der Waals surface area contributed by atoms with Crippen LogP contribution in [0.2, 0.25) is 0 Å². The lowest BCUT2D eigenvalue weighted by molar-refractivity contribution is -0.287. The minimum absolute atomic E-state index is 0.0681. The predicted molar refractivity (Wildman–Crippen MR) is 118 cm³/mol. The highest BCUT2D eigenvalue weighted by molar-refractivity contribution is 6.16. The molecule has 4 rings (SSSR count). The number of ether oxygens (including phenoxy) is 2. The van der Waals surface area contributed by atoms with Crippen LogP contribution < -0.4 is 0 Å². The van der Waals surface area contributed by atoms with Crippen LogP contribution in [0.3, 0.4) is 0 Å². The van der Waals surface area contributed by atoms with Gasteiger partial charge in [-0.1, -0.05) is 23.8 Å². The standard InChI is InChI=1S/C25H26O9/c1-10(2)7-16(28)33-24-22(31)21(30)23(34-25(24)32)17-12-5-4-6-14(26)18(12)20(29)19-13(17)8-11(3)9-15(19)27/h4-9,17,21-27,30-32H,1-3H3/t17-,21+,22+,23-,24+,25-/m0/s1. The molecule has 0 radical (unpaired) electrons. The molecule has 2 aromatic carbocycles. The number of aliphatic hydroxyl groups is 3. The van der Waals surface area contributed by atoms with E-state index in [1.165, 1.54) is 24.3 Å². The minimum Gasteiger partial charge on any atom is -0.507 e. The van der Waals surface area contributed by atoms with E-state index < -0.39 is 48.4 Å². The number of fused-ring (bicyclic) bond motifs is 2. The topological polar surface area (TPSA) is 154 Å². The first kappa shape index (κ1) is 23.9. The summed E-state index contributed by atoms with van der Waals surface area (Å²) in [6, 6.07) is 7.45. The van der Waals surface area contributed by atoms with Gasteiger partial charge >= 0.3 is 5.97 Å². The van der Waals surface area contributed by atoms with Gasteiger partial charge in [-0.3, -0.25) is 4.79 Å². The van der Waals surface area contributed by atoms with E-state index in [9.17, 15) is 35.1 Å². The Morgan fingerprint density at radius 2 is 1.68 bits per heavy atom. The third-order valence-corrected chi connectivity index (χ3v) is 6.08. The number of phenols is 2. The monoisotopic (exact) mass is 470 g/mol. The molecule has 0 amide bonds. The van der Waals surface area contributed by atoms with E-state index in [1.54, 1.807) is 32.9 Å². The van der Waals surface area contributed by atoms with Gasteiger partial charge in [0, 0.05) is 12.0 Å². The molecule has 0 bridgehead atoms. The number of esters is 1. The maximum Gasteiger partial charge on any atom is 0.331 e. The van der Waals surface area contributed by atoms with Crippen molar-refractivity contribution in [2.75, 3.05) is 0 Å². The average Bonchev–Trinajstić information content (AvgIpc) is 2.73. The van der Waals surface area contributed by atoms with Gasteiger partial charge in [-0.05, 0) is 49.6 Å². The summed E-state index contributed by atoms with van der Waals surface area (Å²) < 4.78 is 10.8. The fourth-order valence-corrected chi connectivity index (χ4v) is 4.68. The lowest BCUT2D eigenvalue weighted by Gasteiger charge is -2.44. The molecule has 34 heavy (non-hydrogen) atoms. The van der Waals surface area contributed by atoms with Gasteiger partial charge in [-0.25, -0.2) is 4.79 Å². The van der Waals surface area contributed by atoms with Gasteiger partial charge in [0.2, 0.25) is 5.78 Å². The van der Waals surface area contributed by atoms with E-state index in [0.717, 1.165) is 0 Å². The summed E-state index contributed by atoms with van der Waals surface area (Å²) in [4.78, 5) is 25.2. The van der Waals surface area contributed by atoms with Gasteiger partial charge in [0.15, 0.2) is 12.4 Å². The molecule has 2 aromatic rings. The summed E-state index contributed by atoms with van der Waals surface area (Å²) >= 11 is 0. The zero-order valence-corrected chi connectivity index (χ0v) is 18.8. The first-order chi connectivity index (χ1) is 16.0. The Kier molecular flexibility index (Phi) is 6.22. The number of hydrogen-bond donors (Lipinski definition) is 5. The van der Waals surface area contributed by atoms with Crippen molar-refractivity contribution < 1.29 is 44.6 Å². The van der Waals surface area contributed by atoms with Crippen molar-refractivity contribution >= 4 is 11.8 Å². The van der Waals surface area contributed by atoms with Crippen molar-refractivity contribution in [1.29, 1.82) is 0 Å². The number of ketones is 1. The molecular formula is C25H26O9. The second-order valence-electron chi connectivity index (χ2n) is 8.89. The van der Waals surface area contributed by atoms with Gasteiger partial charge in [0.05, 0.1) is 11.1 Å². The van der Waals surface area contributed by atoms with Crippen LogP contribution in [0.1, 0.15) is 52.4 Å². The molecule has 9 nitrogen and oxygen atoms in total. The molecule has 0 spiro atoms. The number of aliphatic hydroxyl groups excluding tert-OH is 3. The number of aromatic hydroxyl groups is 2. The molecule has 1 saturated heterocycles. The highest BCUT2D eigenvalue weighted by Crippen LogP contribution is 2.47. The molecule has 180 valence electrons. The normalized spacial score (nSPS) is 28.0. The molecule has 0 saturated carbocycles. The van der Waals surface area contributed by atoms with E-state index in [2.05, 4.69) is 0 Å². The molecule has 2 aliphatic rings.